The number of carbonyl (C=O) groups excluding carboxylic acids is 5. The van der Waals surface area contributed by atoms with Gasteiger partial charge in [0, 0.05) is 42.9 Å². The maximum Gasteiger partial charge on any atom is 0.418 e. The Hall–Kier alpha value is -10.0. The second-order valence-electron chi connectivity index (χ2n) is 28.2. The topological polar surface area (TPSA) is 350 Å². The molecule has 8 aromatic heterocycles. The number of aromatic nitrogens is 8. The van der Waals surface area contributed by atoms with Crippen LogP contribution in [0, 0.1) is 27.7 Å². The minimum absolute atomic E-state index is 0. The lowest BCUT2D eigenvalue weighted by molar-refractivity contribution is -0.181. The van der Waals surface area contributed by atoms with Gasteiger partial charge in [-0.1, -0.05) is 81.7 Å². The van der Waals surface area contributed by atoms with E-state index in [2.05, 4.69) is 60.6 Å². The molecule has 10 aromatic rings. The Morgan fingerprint density at radius 2 is 0.797 bits per heavy atom. The first-order valence-corrected chi connectivity index (χ1v) is 38.9. The number of nitrogens with zero attached hydrogens (tertiary/aromatic N) is 9. The second kappa shape index (κ2) is 40.2. The van der Waals surface area contributed by atoms with Gasteiger partial charge in [-0.05, 0) is 210 Å². The fraction of sp³-hybridized carbons (Fsp3) is 0.364. The lowest BCUT2D eigenvalue weighted by Gasteiger charge is -2.27. The minimum atomic E-state index is -4.45. The Balaban J connectivity index is 0.000000229. The number of nitrogens with two attached hydrogens (primary N) is 4. The predicted molar refractivity (Wildman–Crippen MR) is 438 cm³/mol. The molecule has 2 fully saturated rings. The van der Waals surface area contributed by atoms with Crippen LogP contribution in [0.1, 0.15) is 127 Å². The molecule has 0 radical (unpaired) electrons. The molecule has 0 unspecified atom stereocenters. The fourth-order valence-corrected chi connectivity index (χ4v) is 14.4. The number of rotatable bonds is 14. The number of para-hydroxylation sites is 2. The summed E-state index contributed by atoms with van der Waals surface area (Å²) in [5.41, 5.74) is 17.2. The summed E-state index contributed by atoms with van der Waals surface area (Å²) in [7, 11) is 0. The number of amides is 5. The van der Waals surface area contributed by atoms with Gasteiger partial charge in [0.2, 0.25) is 11.8 Å². The molecule has 118 heavy (non-hydrogen) atoms. The molecule has 2 saturated heterocycles. The third-order valence-corrected chi connectivity index (χ3v) is 22.7. The highest BCUT2D eigenvalue weighted by Gasteiger charge is 2.53. The molecule has 2 aromatic carbocycles. The molecule has 2 aliphatic rings. The Labute approximate surface area is 702 Å². The third kappa shape index (κ3) is 25.3. The van der Waals surface area contributed by atoms with Crippen molar-refractivity contribution < 1.29 is 86.1 Å². The van der Waals surface area contributed by atoms with Crippen LogP contribution in [0.3, 0.4) is 0 Å². The molecule has 0 bridgehead atoms. The Morgan fingerprint density at radius 3 is 1.08 bits per heavy atom. The quantitative estimate of drug-likeness (QED) is 0.0393. The van der Waals surface area contributed by atoms with E-state index in [-0.39, 0.29) is 62.0 Å². The highest BCUT2D eigenvalue weighted by Crippen LogP contribution is 2.46. The number of alkyl halides is 12. The third-order valence-electron chi connectivity index (χ3n) is 18.3. The average Bonchev–Trinajstić information content (AvgIpc) is 1.76. The molecule has 11 N–H and O–H groups in total. The van der Waals surface area contributed by atoms with E-state index in [4.69, 9.17) is 39.3 Å². The van der Waals surface area contributed by atoms with Crippen molar-refractivity contribution in [2.75, 3.05) is 35.2 Å². The van der Waals surface area contributed by atoms with Crippen LogP contribution >= 0.6 is 73.9 Å². The number of ether oxygens (including phenoxy) is 2. The molecule has 2 aliphatic heterocycles. The van der Waals surface area contributed by atoms with Crippen LogP contribution in [0.25, 0.3) is 41.8 Å². The summed E-state index contributed by atoms with van der Waals surface area (Å²) in [6.07, 6.45) is -9.69. The molecule has 0 aliphatic carbocycles. The van der Waals surface area contributed by atoms with Crippen molar-refractivity contribution in [1.29, 1.82) is 0 Å². The monoisotopic (exact) mass is 1810 g/mol. The van der Waals surface area contributed by atoms with E-state index in [0.29, 0.717) is 95.9 Å². The molecule has 23 nitrogen and oxygen atoms in total. The summed E-state index contributed by atoms with van der Waals surface area (Å²) in [5, 5.41) is 9.54. The average molecular weight is 1820 g/mol. The van der Waals surface area contributed by atoms with Crippen LogP contribution in [-0.4, -0.2) is 124 Å². The van der Waals surface area contributed by atoms with Crippen LogP contribution in [0.5, 0.6) is 11.5 Å². The van der Waals surface area contributed by atoms with E-state index in [1.165, 1.54) is 76.6 Å². The molecule has 2 atom stereocenters. The Bertz CT molecular complexity index is 4970. The summed E-state index contributed by atoms with van der Waals surface area (Å²) >= 11 is 9.74. The fourth-order valence-electron chi connectivity index (χ4n) is 10.7. The van der Waals surface area contributed by atoms with Gasteiger partial charge in [-0.2, -0.15) is 52.7 Å². The standard InChI is InChI=1S/C20H18F3N3O2S.C19H22F3N5O2S.2C13H14F3N3S.C7H5ClO2.C5H10N2O.BrH/c1-12-16(13-9-10-24-15(11-13)19(2,3)20(21,22)23)29-17(25-12)26-18(27)28-14-7-5-4-6-8-14;1-10-14(11-6-7-24-13(9-11)18(2,3)19(20,21)22)30-16(25-10)26-17(29)27-8-4-5-12(27)15(23)28;2*1-7-10(20-11(17)19-7)8-4-5-18-9(6-8)12(2,3)13(14,15)16;8-7(9)10-6-4-2-1-3-5-6;6-5(8)4-2-1-3-7-4;/h4-11H,1-3H3,(H,25,26,27);6-7,9,12H,4-5,8H2,1-3H3,(H2,23,28)(H,25,26,29);2*4-6H,1-3H3,(H2,17,19);1-5H;4,7H,1-3H2,(H2,6,8);1H/t;12-;;;;4-;/m.0...0./s1. The van der Waals surface area contributed by atoms with Gasteiger partial charge in [-0.25, -0.2) is 34.3 Å². The van der Waals surface area contributed by atoms with Crippen LogP contribution in [0.15, 0.2) is 134 Å². The molecule has 41 heteroatoms. The van der Waals surface area contributed by atoms with Gasteiger partial charge >= 0.3 is 42.3 Å². The van der Waals surface area contributed by atoms with Gasteiger partial charge in [0.25, 0.3) is 0 Å². The number of hydrogen-bond acceptors (Lipinski definition) is 22. The lowest BCUT2D eigenvalue weighted by atomic mass is 9.87. The molecule has 5 amide bonds. The Kier molecular flexibility index (Phi) is 33.0. The van der Waals surface area contributed by atoms with Crippen molar-refractivity contribution >= 4 is 124 Å². The molecule has 0 spiro atoms. The summed E-state index contributed by atoms with van der Waals surface area (Å²) in [6, 6.07) is 28.2. The van der Waals surface area contributed by atoms with E-state index in [9.17, 15) is 76.7 Å². The number of primary amides is 2. The summed E-state index contributed by atoms with van der Waals surface area (Å²) in [5.74, 6) is 0.0620. The number of nitrogen functional groups attached to an aromatic ring is 2. The van der Waals surface area contributed by atoms with Crippen molar-refractivity contribution in [1.82, 2.24) is 50.1 Å². The largest absolute Gasteiger partial charge is 0.418 e. The highest BCUT2D eigenvalue weighted by atomic mass is 79.9. The van der Waals surface area contributed by atoms with Gasteiger partial charge < -0.3 is 42.6 Å². The van der Waals surface area contributed by atoms with E-state index in [1.54, 1.807) is 107 Å². The minimum Gasteiger partial charge on any atom is -0.415 e. The summed E-state index contributed by atoms with van der Waals surface area (Å²) in [4.78, 5) is 93.0. The summed E-state index contributed by atoms with van der Waals surface area (Å²) in [6.45, 7) is 17.1. The van der Waals surface area contributed by atoms with E-state index >= 15 is 0 Å². The number of anilines is 4. The van der Waals surface area contributed by atoms with Crippen LogP contribution in [0.4, 0.5) is 87.6 Å². The number of nitrogens with one attached hydrogen (secondary N) is 3. The number of carbonyl (C=O) groups is 5. The van der Waals surface area contributed by atoms with E-state index in [1.807, 2.05) is 6.07 Å². The highest BCUT2D eigenvalue weighted by molar-refractivity contribution is 8.93. The van der Waals surface area contributed by atoms with Crippen molar-refractivity contribution in [2.45, 2.75) is 167 Å². The molecule has 12 rings (SSSR count). The van der Waals surface area contributed by atoms with Gasteiger partial charge in [0.1, 0.15) is 39.2 Å². The molecule has 636 valence electrons. The number of benzene rings is 2. The zero-order chi connectivity index (χ0) is 87.1. The number of urea groups is 1. The maximum atomic E-state index is 13.4. The lowest BCUT2D eigenvalue weighted by Crippen LogP contribution is -2.45. The Morgan fingerprint density at radius 1 is 0.466 bits per heavy atom. The number of aryl methyl sites for hydroxylation is 4. The number of likely N-dealkylation sites (tertiary alicyclic amines) is 1. The first-order chi connectivity index (χ1) is 54.3. The normalized spacial score (nSPS) is 14.3. The molecular weight excluding hydrogens is 1730 g/mol. The predicted octanol–water partition coefficient (Wildman–Crippen LogP) is 19.9. The number of hydrogen-bond donors (Lipinski definition) is 7. The summed E-state index contributed by atoms with van der Waals surface area (Å²) < 4.78 is 168. The number of pyridine rings is 4. The van der Waals surface area contributed by atoms with Gasteiger partial charge in [0.15, 0.2) is 20.5 Å². The SMILES string of the molecule is Br.Cc1nc(N)sc1-c1ccnc(C(C)(C)C(F)(F)F)c1.Cc1nc(N)sc1-c1ccnc(C(C)(C)C(F)(F)F)c1.Cc1nc(NC(=O)N2CCC[C@H]2C(N)=O)sc1-c1ccnc(C(C)(C)C(F)(F)F)c1.Cc1nc(NC(=O)Oc2ccccc2)sc1-c1ccnc(C(C)(C)C(F)(F)F)c1.NC(=O)[C@@H]1CCCN1.O=C(Cl)Oc1ccccc1. The molecule has 10 heterocycles. The molecule has 0 saturated carbocycles. The molecular formula is C77H84BrClF12N16O7S4. The second-order valence-corrected chi connectivity index (χ2v) is 32.6. The van der Waals surface area contributed by atoms with Gasteiger partial charge in [-0.3, -0.25) is 40.2 Å². The zero-order valence-electron chi connectivity index (χ0n) is 65.2. The van der Waals surface area contributed by atoms with Crippen LogP contribution in [-0.2, 0) is 31.2 Å². The van der Waals surface area contributed by atoms with Crippen molar-refractivity contribution in [3.8, 4) is 53.3 Å². The van der Waals surface area contributed by atoms with E-state index < -0.39 is 75.9 Å². The zero-order valence-corrected chi connectivity index (χ0v) is 71.0. The number of halogens is 14. The number of thiazole rings is 4. The van der Waals surface area contributed by atoms with Gasteiger partial charge in [0.05, 0.1) is 71.1 Å². The van der Waals surface area contributed by atoms with Gasteiger partial charge in [-0.15, -0.1) is 17.0 Å². The first-order valence-electron chi connectivity index (χ1n) is 35.3. The smallest absolute Gasteiger partial charge is 0.415 e. The van der Waals surface area contributed by atoms with Crippen molar-refractivity contribution in [3.05, 3.63) is 180 Å². The van der Waals surface area contributed by atoms with Crippen LogP contribution < -0.4 is 48.4 Å². The van der Waals surface area contributed by atoms with Crippen LogP contribution in [0.2, 0.25) is 0 Å². The first kappa shape index (κ1) is 96.8. The maximum absolute atomic E-state index is 13.4. The van der Waals surface area contributed by atoms with E-state index in [0.717, 1.165) is 107 Å². The van der Waals surface area contributed by atoms with Crippen molar-refractivity contribution in [2.24, 2.45) is 11.5 Å². The van der Waals surface area contributed by atoms with Crippen molar-refractivity contribution in [3.63, 3.8) is 0 Å².